The highest BCUT2D eigenvalue weighted by molar-refractivity contribution is 6.03. The zero-order chi connectivity index (χ0) is 15.4. The highest BCUT2D eigenvalue weighted by Gasteiger charge is 2.24. The van der Waals surface area contributed by atoms with Crippen LogP contribution >= 0.6 is 0 Å². The number of rotatable bonds is 4. The normalized spacial score (nSPS) is 11.4. The highest BCUT2D eigenvalue weighted by atomic mass is 16.6. The van der Waals surface area contributed by atoms with Gasteiger partial charge in [-0.15, -0.1) is 0 Å². The van der Waals surface area contributed by atoms with Gasteiger partial charge in [0.05, 0.1) is 11.0 Å². The van der Waals surface area contributed by atoms with Gasteiger partial charge in [0.25, 0.3) is 5.69 Å². The number of nitro benzene ring substituents is 1. The zero-order valence-electron chi connectivity index (χ0n) is 11.2. The Bertz CT molecular complexity index is 736. The molecule has 0 spiro atoms. The Morgan fingerprint density at radius 3 is 2.71 bits per heavy atom. The molecule has 0 fully saturated rings. The summed E-state index contributed by atoms with van der Waals surface area (Å²) in [6.07, 6.45) is 3.02. The molecule has 1 heterocycles. The predicted molar refractivity (Wildman–Crippen MR) is 74.8 cm³/mol. The van der Waals surface area contributed by atoms with Crippen LogP contribution in [0.4, 0.5) is 5.69 Å². The number of non-ortho nitro benzene ring substituents is 1. The summed E-state index contributed by atoms with van der Waals surface area (Å²) in [5, 5.41) is 19.9. The number of aromatic nitrogens is 1. The van der Waals surface area contributed by atoms with Crippen LogP contribution in [0.3, 0.4) is 0 Å². The van der Waals surface area contributed by atoms with E-state index in [1.807, 2.05) is 6.07 Å². The molecule has 21 heavy (non-hydrogen) atoms. The molecule has 1 atom stereocenters. The molecule has 0 saturated heterocycles. The van der Waals surface area contributed by atoms with E-state index in [4.69, 9.17) is 0 Å². The highest BCUT2D eigenvalue weighted by Crippen LogP contribution is 2.24. The molecule has 0 amide bonds. The van der Waals surface area contributed by atoms with Gasteiger partial charge in [-0.05, 0) is 30.2 Å². The molecule has 1 unspecified atom stereocenters. The van der Waals surface area contributed by atoms with Gasteiger partial charge in [-0.2, -0.15) is 5.26 Å². The van der Waals surface area contributed by atoms with Crippen LogP contribution in [0.2, 0.25) is 0 Å². The van der Waals surface area contributed by atoms with Crippen LogP contribution < -0.4 is 0 Å². The van der Waals surface area contributed by atoms with Crippen molar-refractivity contribution in [2.45, 2.75) is 12.8 Å². The summed E-state index contributed by atoms with van der Waals surface area (Å²) < 4.78 is 0. The minimum absolute atomic E-state index is 0.0843. The molecule has 0 bridgehead atoms. The standard InChI is InChI=1S/C15H11N3O3/c1-10-7-12(18(20)21)4-5-13(10)15(19)14(8-16)11-3-2-6-17-9-11/h2-7,9,14H,1H3. The Hall–Kier alpha value is -3.07. The number of nitriles is 1. The van der Waals surface area contributed by atoms with Crippen LogP contribution in [0.5, 0.6) is 0 Å². The lowest BCUT2D eigenvalue weighted by Gasteiger charge is -2.10. The van der Waals surface area contributed by atoms with E-state index < -0.39 is 16.6 Å². The smallest absolute Gasteiger partial charge is 0.269 e. The zero-order valence-corrected chi connectivity index (χ0v) is 11.2. The Labute approximate surface area is 120 Å². The van der Waals surface area contributed by atoms with Crippen LogP contribution in [-0.4, -0.2) is 15.7 Å². The molecular weight excluding hydrogens is 270 g/mol. The van der Waals surface area contributed by atoms with E-state index >= 15 is 0 Å². The quantitative estimate of drug-likeness (QED) is 0.487. The van der Waals surface area contributed by atoms with E-state index in [-0.39, 0.29) is 5.69 Å². The second kappa shape index (κ2) is 5.92. The average molecular weight is 281 g/mol. The topological polar surface area (TPSA) is 96.9 Å². The Kier molecular flexibility index (Phi) is 4.05. The summed E-state index contributed by atoms with van der Waals surface area (Å²) in [4.78, 5) is 26.5. The lowest BCUT2D eigenvalue weighted by molar-refractivity contribution is -0.384. The van der Waals surface area contributed by atoms with Gasteiger partial charge in [0.1, 0.15) is 5.92 Å². The van der Waals surface area contributed by atoms with Crippen molar-refractivity contribution < 1.29 is 9.72 Å². The average Bonchev–Trinajstić information content (AvgIpc) is 2.48. The molecule has 0 aliphatic heterocycles. The van der Waals surface area contributed by atoms with E-state index in [1.54, 1.807) is 25.3 Å². The lowest BCUT2D eigenvalue weighted by Crippen LogP contribution is -2.13. The maximum absolute atomic E-state index is 12.5. The van der Waals surface area contributed by atoms with Gasteiger partial charge in [-0.3, -0.25) is 19.9 Å². The molecule has 1 aromatic carbocycles. The van der Waals surface area contributed by atoms with Crippen molar-refractivity contribution in [1.29, 1.82) is 5.26 Å². The van der Waals surface area contributed by atoms with E-state index in [0.29, 0.717) is 16.7 Å². The first-order chi connectivity index (χ1) is 10.0. The van der Waals surface area contributed by atoms with Gasteiger partial charge >= 0.3 is 0 Å². The van der Waals surface area contributed by atoms with Crippen LogP contribution in [0.25, 0.3) is 0 Å². The van der Waals surface area contributed by atoms with Gasteiger partial charge in [-0.1, -0.05) is 6.07 Å². The van der Waals surface area contributed by atoms with Crippen molar-refractivity contribution in [3.8, 4) is 6.07 Å². The van der Waals surface area contributed by atoms with Gasteiger partial charge in [-0.25, -0.2) is 0 Å². The number of aryl methyl sites for hydroxylation is 1. The number of carbonyl (C=O) groups is 1. The summed E-state index contributed by atoms with van der Waals surface area (Å²) in [6.45, 7) is 1.61. The van der Waals surface area contributed by atoms with Crippen LogP contribution in [0.15, 0.2) is 42.7 Å². The van der Waals surface area contributed by atoms with E-state index in [9.17, 15) is 20.2 Å². The van der Waals surface area contributed by atoms with Crippen LogP contribution in [0, 0.1) is 28.4 Å². The van der Waals surface area contributed by atoms with Crippen molar-refractivity contribution in [3.63, 3.8) is 0 Å². The van der Waals surface area contributed by atoms with E-state index in [2.05, 4.69) is 4.98 Å². The van der Waals surface area contributed by atoms with E-state index in [0.717, 1.165) is 0 Å². The molecule has 2 rings (SSSR count). The monoisotopic (exact) mass is 281 g/mol. The number of ketones is 1. The fourth-order valence-electron chi connectivity index (χ4n) is 2.02. The third-order valence-electron chi connectivity index (χ3n) is 3.10. The molecule has 6 nitrogen and oxygen atoms in total. The minimum Gasteiger partial charge on any atom is -0.292 e. The fourth-order valence-corrected chi connectivity index (χ4v) is 2.02. The van der Waals surface area contributed by atoms with Crippen LogP contribution in [0.1, 0.15) is 27.4 Å². The van der Waals surface area contributed by atoms with Gasteiger partial charge in [0, 0.05) is 30.1 Å². The van der Waals surface area contributed by atoms with Crippen molar-refractivity contribution >= 4 is 11.5 Å². The first-order valence-electron chi connectivity index (χ1n) is 6.13. The number of nitrogens with zero attached hydrogens (tertiary/aromatic N) is 3. The largest absolute Gasteiger partial charge is 0.292 e. The number of carbonyl (C=O) groups excluding carboxylic acids is 1. The Morgan fingerprint density at radius 2 is 2.19 bits per heavy atom. The molecule has 6 heteroatoms. The molecule has 0 N–H and O–H groups in total. The molecule has 0 saturated carbocycles. The maximum Gasteiger partial charge on any atom is 0.269 e. The molecule has 0 radical (unpaired) electrons. The molecule has 104 valence electrons. The van der Waals surface area contributed by atoms with Crippen molar-refractivity contribution in [3.05, 3.63) is 69.5 Å². The number of Topliss-reactive ketones (excluding diaryl/α,β-unsaturated/α-hetero) is 1. The number of pyridine rings is 1. The minimum atomic E-state index is -0.973. The Morgan fingerprint density at radius 1 is 1.43 bits per heavy atom. The van der Waals surface area contributed by atoms with Gasteiger partial charge in [0.15, 0.2) is 5.78 Å². The second-order valence-corrected chi connectivity index (χ2v) is 4.47. The SMILES string of the molecule is Cc1cc([N+](=O)[O-])ccc1C(=O)C(C#N)c1cccnc1. The summed E-state index contributed by atoms with van der Waals surface area (Å²) in [6, 6.07) is 9.23. The summed E-state index contributed by atoms with van der Waals surface area (Å²) >= 11 is 0. The first kappa shape index (κ1) is 14.3. The summed E-state index contributed by atoms with van der Waals surface area (Å²) in [7, 11) is 0. The number of nitro groups is 1. The van der Waals surface area contributed by atoms with Crippen LogP contribution in [-0.2, 0) is 0 Å². The molecule has 1 aromatic heterocycles. The van der Waals surface area contributed by atoms with E-state index in [1.165, 1.54) is 24.4 Å². The maximum atomic E-state index is 12.5. The molecule has 2 aromatic rings. The fraction of sp³-hybridized carbons (Fsp3) is 0.133. The number of hydrogen-bond donors (Lipinski definition) is 0. The summed E-state index contributed by atoms with van der Waals surface area (Å²) in [5.41, 5.74) is 1.19. The summed E-state index contributed by atoms with van der Waals surface area (Å²) in [5.74, 6) is -1.36. The van der Waals surface area contributed by atoms with Crippen molar-refractivity contribution in [1.82, 2.24) is 4.98 Å². The number of hydrogen-bond acceptors (Lipinski definition) is 5. The number of benzene rings is 1. The first-order valence-corrected chi connectivity index (χ1v) is 6.13. The Balaban J connectivity index is 2.40. The third kappa shape index (κ3) is 2.92. The third-order valence-corrected chi connectivity index (χ3v) is 3.10. The van der Waals surface area contributed by atoms with Crippen molar-refractivity contribution in [2.75, 3.05) is 0 Å². The molecular formula is C15H11N3O3. The van der Waals surface area contributed by atoms with Gasteiger partial charge < -0.3 is 0 Å². The molecule has 0 aliphatic carbocycles. The van der Waals surface area contributed by atoms with Crippen molar-refractivity contribution in [2.24, 2.45) is 0 Å². The van der Waals surface area contributed by atoms with Gasteiger partial charge in [0.2, 0.25) is 0 Å². The lowest BCUT2D eigenvalue weighted by atomic mass is 9.90. The molecule has 0 aliphatic rings. The predicted octanol–water partition coefficient (Wildman–Crippen LogP) is 2.79. The second-order valence-electron chi connectivity index (χ2n) is 4.47.